The van der Waals surface area contributed by atoms with Gasteiger partial charge >= 0.3 is 0 Å². The van der Waals surface area contributed by atoms with Crippen molar-refractivity contribution in [1.29, 1.82) is 0 Å². The van der Waals surface area contributed by atoms with E-state index in [0.29, 0.717) is 11.1 Å². The minimum Gasteiger partial charge on any atom is -0.267 e. The quantitative estimate of drug-likeness (QED) is 0.490. The Morgan fingerprint density at radius 1 is 0.700 bits per heavy atom. The molecule has 0 atom stereocenters. The second-order valence-electron chi connectivity index (χ2n) is 6.44. The summed E-state index contributed by atoms with van der Waals surface area (Å²) in [7, 11) is 0. The molecule has 2 heterocycles. The SMILES string of the molecule is Cc1ccc(C(=O)NN=Cc2ccc(C=NNC(=O)c3ccc(C)nc3)cc2)cn1. The molecule has 0 spiro atoms. The number of hydrogen-bond donors (Lipinski definition) is 2. The number of nitrogens with one attached hydrogen (secondary N) is 2. The molecule has 0 aliphatic heterocycles. The molecule has 0 bridgehead atoms. The van der Waals surface area contributed by atoms with Crippen LogP contribution in [0.3, 0.4) is 0 Å². The van der Waals surface area contributed by atoms with Crippen molar-refractivity contribution in [2.75, 3.05) is 0 Å². The highest BCUT2D eigenvalue weighted by Crippen LogP contribution is 2.02. The summed E-state index contributed by atoms with van der Waals surface area (Å²) in [5.41, 5.74) is 9.06. The minimum absolute atomic E-state index is 0.331. The average molecular weight is 400 g/mol. The molecule has 0 aliphatic carbocycles. The van der Waals surface area contributed by atoms with E-state index in [1.807, 2.05) is 38.1 Å². The van der Waals surface area contributed by atoms with Crippen LogP contribution in [-0.2, 0) is 0 Å². The lowest BCUT2D eigenvalue weighted by Gasteiger charge is -2.00. The Balaban J connectivity index is 1.50. The molecule has 0 unspecified atom stereocenters. The van der Waals surface area contributed by atoms with Crippen LogP contribution in [-0.4, -0.2) is 34.2 Å². The molecular weight excluding hydrogens is 380 g/mol. The third kappa shape index (κ3) is 5.90. The fourth-order valence-corrected chi connectivity index (χ4v) is 2.33. The third-order valence-electron chi connectivity index (χ3n) is 4.04. The molecule has 8 heteroatoms. The first kappa shape index (κ1) is 20.5. The van der Waals surface area contributed by atoms with E-state index in [4.69, 9.17) is 0 Å². The number of nitrogens with zero attached hydrogens (tertiary/aromatic N) is 4. The van der Waals surface area contributed by atoms with Gasteiger partial charge in [-0.25, -0.2) is 10.9 Å². The molecule has 2 amide bonds. The smallest absolute Gasteiger partial charge is 0.267 e. The van der Waals surface area contributed by atoms with Crippen molar-refractivity contribution in [3.63, 3.8) is 0 Å². The highest BCUT2D eigenvalue weighted by atomic mass is 16.2. The predicted octanol–water partition coefficient (Wildman–Crippen LogP) is 2.62. The summed E-state index contributed by atoms with van der Waals surface area (Å²) < 4.78 is 0. The molecule has 0 radical (unpaired) electrons. The summed E-state index contributed by atoms with van der Waals surface area (Å²) in [5, 5.41) is 7.89. The van der Waals surface area contributed by atoms with Crippen molar-refractivity contribution in [2.24, 2.45) is 10.2 Å². The van der Waals surface area contributed by atoms with Crippen molar-refractivity contribution in [2.45, 2.75) is 13.8 Å². The minimum atomic E-state index is -0.331. The summed E-state index contributed by atoms with van der Waals surface area (Å²) in [6.45, 7) is 3.70. The Kier molecular flexibility index (Phi) is 6.73. The van der Waals surface area contributed by atoms with Gasteiger partial charge in [-0.05, 0) is 49.2 Å². The van der Waals surface area contributed by atoms with Crippen molar-refractivity contribution in [3.8, 4) is 0 Å². The Labute approximate surface area is 173 Å². The topological polar surface area (TPSA) is 109 Å². The van der Waals surface area contributed by atoms with Crippen LogP contribution < -0.4 is 10.9 Å². The van der Waals surface area contributed by atoms with E-state index in [1.54, 1.807) is 24.3 Å². The fourth-order valence-electron chi connectivity index (χ4n) is 2.33. The van der Waals surface area contributed by atoms with Gasteiger partial charge in [-0.1, -0.05) is 24.3 Å². The van der Waals surface area contributed by atoms with E-state index in [-0.39, 0.29) is 11.8 Å². The maximum Gasteiger partial charge on any atom is 0.272 e. The maximum absolute atomic E-state index is 12.0. The molecule has 150 valence electrons. The molecule has 2 aromatic heterocycles. The van der Waals surface area contributed by atoms with Crippen molar-refractivity contribution < 1.29 is 9.59 Å². The highest BCUT2D eigenvalue weighted by Gasteiger charge is 2.04. The van der Waals surface area contributed by atoms with Crippen LogP contribution >= 0.6 is 0 Å². The zero-order chi connectivity index (χ0) is 21.3. The summed E-state index contributed by atoms with van der Waals surface area (Å²) in [4.78, 5) is 32.1. The van der Waals surface area contributed by atoms with Gasteiger partial charge in [-0.2, -0.15) is 10.2 Å². The van der Waals surface area contributed by atoms with Gasteiger partial charge in [0.15, 0.2) is 0 Å². The van der Waals surface area contributed by atoms with E-state index in [1.165, 1.54) is 24.8 Å². The van der Waals surface area contributed by atoms with Gasteiger partial charge in [0.25, 0.3) is 11.8 Å². The second kappa shape index (κ2) is 9.83. The van der Waals surface area contributed by atoms with Gasteiger partial charge < -0.3 is 0 Å². The van der Waals surface area contributed by atoms with Crippen molar-refractivity contribution >= 4 is 24.2 Å². The summed E-state index contributed by atoms with van der Waals surface area (Å²) in [6, 6.07) is 14.2. The second-order valence-corrected chi connectivity index (χ2v) is 6.44. The Bertz CT molecular complexity index is 984. The van der Waals surface area contributed by atoms with Gasteiger partial charge in [-0.15, -0.1) is 0 Å². The number of amides is 2. The summed E-state index contributed by atoms with van der Waals surface area (Å²) in [5.74, 6) is -0.663. The number of carbonyl (C=O) groups is 2. The number of rotatable bonds is 6. The highest BCUT2D eigenvalue weighted by molar-refractivity contribution is 5.95. The number of hydrogen-bond acceptors (Lipinski definition) is 6. The Hall–Kier alpha value is -4.20. The predicted molar refractivity (Wildman–Crippen MR) is 115 cm³/mol. The standard InChI is InChI=1S/C22H20N6O2/c1-15-3-9-19(13-23-15)21(29)27-25-11-17-5-7-18(8-6-17)12-26-28-22(30)20-10-4-16(2)24-14-20/h3-14H,1-2H3,(H,27,29)(H,28,30). The van der Waals surface area contributed by atoms with E-state index in [0.717, 1.165) is 22.5 Å². The first-order valence-corrected chi connectivity index (χ1v) is 9.13. The van der Waals surface area contributed by atoms with E-state index in [9.17, 15) is 9.59 Å². The molecule has 1 aromatic carbocycles. The van der Waals surface area contributed by atoms with E-state index >= 15 is 0 Å². The molecule has 0 saturated heterocycles. The van der Waals surface area contributed by atoms with E-state index < -0.39 is 0 Å². The van der Waals surface area contributed by atoms with Gasteiger partial charge in [0, 0.05) is 23.8 Å². The van der Waals surface area contributed by atoms with Crippen LogP contribution in [0.25, 0.3) is 0 Å². The Morgan fingerprint density at radius 2 is 1.10 bits per heavy atom. The number of aryl methyl sites for hydroxylation is 2. The molecule has 30 heavy (non-hydrogen) atoms. The first-order valence-electron chi connectivity index (χ1n) is 9.13. The van der Waals surface area contributed by atoms with Crippen molar-refractivity contribution in [3.05, 3.63) is 94.6 Å². The molecular formula is C22H20N6O2. The molecule has 0 fully saturated rings. The fraction of sp³-hybridized carbons (Fsp3) is 0.0909. The van der Waals surface area contributed by atoms with Crippen LogP contribution in [0.5, 0.6) is 0 Å². The molecule has 3 aromatic rings. The number of pyridine rings is 2. The van der Waals surface area contributed by atoms with Crippen LogP contribution in [0.15, 0.2) is 71.1 Å². The molecule has 0 saturated carbocycles. The van der Waals surface area contributed by atoms with Crippen molar-refractivity contribution in [1.82, 2.24) is 20.8 Å². The average Bonchev–Trinajstić information content (AvgIpc) is 2.75. The van der Waals surface area contributed by atoms with Crippen LogP contribution in [0.2, 0.25) is 0 Å². The van der Waals surface area contributed by atoms with Crippen LogP contribution in [0.1, 0.15) is 43.2 Å². The van der Waals surface area contributed by atoms with E-state index in [2.05, 4.69) is 31.0 Å². The molecule has 0 aliphatic rings. The monoisotopic (exact) mass is 400 g/mol. The number of carbonyl (C=O) groups excluding carboxylic acids is 2. The summed E-state index contributed by atoms with van der Waals surface area (Å²) in [6.07, 6.45) is 6.07. The maximum atomic E-state index is 12.0. The lowest BCUT2D eigenvalue weighted by atomic mass is 10.2. The Morgan fingerprint density at radius 3 is 1.43 bits per heavy atom. The lowest BCUT2D eigenvalue weighted by molar-refractivity contribution is 0.0946. The normalized spacial score (nSPS) is 11.0. The lowest BCUT2D eigenvalue weighted by Crippen LogP contribution is -2.18. The largest absolute Gasteiger partial charge is 0.272 e. The molecule has 2 N–H and O–H groups in total. The summed E-state index contributed by atoms with van der Waals surface area (Å²) >= 11 is 0. The van der Waals surface area contributed by atoms with Crippen LogP contribution in [0.4, 0.5) is 0 Å². The number of aromatic nitrogens is 2. The van der Waals surface area contributed by atoms with Crippen LogP contribution in [0, 0.1) is 13.8 Å². The first-order chi connectivity index (χ1) is 14.5. The van der Waals surface area contributed by atoms with Gasteiger partial charge in [0.1, 0.15) is 0 Å². The van der Waals surface area contributed by atoms with Gasteiger partial charge in [-0.3, -0.25) is 19.6 Å². The molecule has 8 nitrogen and oxygen atoms in total. The molecule has 3 rings (SSSR count). The zero-order valence-corrected chi connectivity index (χ0v) is 16.5. The zero-order valence-electron chi connectivity index (χ0n) is 16.5. The number of hydrazone groups is 2. The number of benzene rings is 1. The van der Waals surface area contributed by atoms with Gasteiger partial charge in [0.05, 0.1) is 23.6 Å². The van der Waals surface area contributed by atoms with Gasteiger partial charge in [0.2, 0.25) is 0 Å². The third-order valence-corrected chi connectivity index (χ3v) is 4.04.